The van der Waals surface area contributed by atoms with Crippen LogP contribution in [0.15, 0.2) is 0 Å². The molecule has 0 aliphatic heterocycles. The summed E-state index contributed by atoms with van der Waals surface area (Å²) in [4.78, 5) is 0. The van der Waals surface area contributed by atoms with Gasteiger partial charge in [0.15, 0.2) is 0 Å². The fourth-order valence-corrected chi connectivity index (χ4v) is 7.69. The molecule has 0 saturated carbocycles. The Morgan fingerprint density at radius 2 is 0.552 bits per heavy atom. The molecule has 29 heavy (non-hydrogen) atoms. The zero-order valence-electron chi connectivity index (χ0n) is 22.5. The third-order valence-electron chi connectivity index (χ3n) is 7.77. The summed E-state index contributed by atoms with van der Waals surface area (Å²) in [5, 5.41) is 0. The summed E-state index contributed by atoms with van der Waals surface area (Å²) < 4.78 is 0. The van der Waals surface area contributed by atoms with Crippen molar-refractivity contribution in [3.8, 4) is 0 Å². The van der Waals surface area contributed by atoms with E-state index in [1.165, 1.54) is 0 Å². The molecule has 0 aliphatic rings. The van der Waals surface area contributed by atoms with Crippen LogP contribution in [0.1, 0.15) is 0 Å². The van der Waals surface area contributed by atoms with Crippen LogP contribution in [0, 0.1) is 0 Å². The van der Waals surface area contributed by atoms with E-state index in [-0.39, 0.29) is 0 Å². The van der Waals surface area contributed by atoms with E-state index in [1.54, 1.807) is 0 Å². The molecule has 0 heterocycles. The monoisotopic (exact) mass is 368 g/mol. The molecule has 0 aromatic carbocycles. The van der Waals surface area contributed by atoms with Crippen LogP contribution < -0.4 is 0 Å². The number of hydrogen-bond donors (Lipinski definition) is 0. The van der Waals surface area contributed by atoms with Gasteiger partial charge in [0, 0.05) is 0 Å². The van der Waals surface area contributed by atoms with Crippen LogP contribution in [-0.2, 0) is 0 Å². The van der Waals surface area contributed by atoms with Crippen molar-refractivity contribution in [2.75, 3.05) is 0 Å². The minimum atomic E-state index is 0.504. The SMILES string of the molecule is BB(B)B(B(B)B)B(B(B)B)B(B=S)B(B(B(B)B)B(B)B)B(B(B)B)B(B)B. The van der Waals surface area contributed by atoms with Crippen LogP contribution >= 0.6 is 12.1 Å². The van der Waals surface area contributed by atoms with Crippen molar-refractivity contribution in [1.82, 2.24) is 0 Å². The first-order chi connectivity index (χ1) is 13.2. The van der Waals surface area contributed by atoms with Crippen molar-refractivity contribution in [3.63, 3.8) is 0 Å². The molecule has 0 radical (unpaired) electrons. The molecule has 0 aliphatic carbocycles. The Labute approximate surface area is 208 Å². The average Bonchev–Trinajstić information content (AvgIpc) is 2.51. The summed E-state index contributed by atoms with van der Waals surface area (Å²) in [7, 11) is 34.2. The van der Waals surface area contributed by atoms with Crippen molar-refractivity contribution in [3.05, 3.63) is 0 Å². The van der Waals surface area contributed by atoms with Crippen molar-refractivity contribution in [2.45, 2.75) is 0 Å². The molecule has 0 aromatic heterocycles. The van der Waals surface area contributed by atoms with Gasteiger partial charge in [-0.1, -0.05) is 0 Å². The Hall–Kier alpha value is 2.04. The van der Waals surface area contributed by atoms with Gasteiger partial charge in [-0.05, 0) is 0 Å². The summed E-state index contributed by atoms with van der Waals surface area (Å²) in [6, 6.07) is 2.22. The van der Waals surface area contributed by atoms with Crippen LogP contribution in [0.2, 0.25) is 0 Å². The van der Waals surface area contributed by atoms with Crippen LogP contribution in [0.25, 0.3) is 0 Å². The van der Waals surface area contributed by atoms with Gasteiger partial charge in [-0.15, -0.1) is 0 Å². The number of rotatable bonds is 13. The third kappa shape index (κ3) is 8.72. The van der Waals surface area contributed by atoms with Gasteiger partial charge in [0.1, 0.15) is 0 Å². The van der Waals surface area contributed by atoms with E-state index in [2.05, 4.69) is 114 Å². The van der Waals surface area contributed by atoms with Gasteiger partial charge >= 0.3 is 209 Å². The third-order valence-corrected chi connectivity index (χ3v) is 8.08. The Kier molecular flexibility index (Phi) is 15.3. The van der Waals surface area contributed by atoms with Gasteiger partial charge in [-0.25, -0.2) is 0 Å². The summed E-state index contributed by atoms with van der Waals surface area (Å²) in [5.41, 5.74) is 0. The molecule has 29 heteroatoms. The first-order valence-electron chi connectivity index (χ1n) is 12.7. The second-order valence-electron chi connectivity index (χ2n) is 12.3. The molecule has 0 bridgehead atoms. The topological polar surface area (TPSA) is 0 Å². The Balaban J connectivity index is 6.75. The Morgan fingerprint density at radius 1 is 0.345 bits per heavy atom. The molecule has 0 nitrogen and oxygen atoms in total. The minimum absolute atomic E-state index is 0.504. The predicted octanol–water partition coefficient (Wildman–Crippen LogP) is -17.5. The molecular weight excluding hydrogens is 335 g/mol. The molecule has 0 amide bonds. The molecule has 118 valence electrons. The van der Waals surface area contributed by atoms with E-state index in [4.69, 9.17) is 12.1 Å². The van der Waals surface area contributed by atoms with E-state index in [9.17, 15) is 0 Å². The van der Waals surface area contributed by atoms with Gasteiger partial charge in [0.05, 0.1) is 0 Å². The van der Waals surface area contributed by atoms with Gasteiger partial charge < -0.3 is 0 Å². The normalized spacial score (nSPS) is 9.24. The van der Waals surface area contributed by atoms with Crippen LogP contribution in [0.4, 0.5) is 0 Å². The van der Waals surface area contributed by atoms with Gasteiger partial charge in [-0.3, -0.25) is 0 Å². The average molecular weight is 363 g/mol. The first kappa shape index (κ1) is 31.0. The predicted molar refractivity (Wildman–Crippen MR) is 208 cm³/mol. The fourth-order valence-electron chi connectivity index (χ4n) is 7.33. The molecular formula is H28B28S. The second-order valence-corrected chi connectivity index (χ2v) is 12.6. The van der Waals surface area contributed by atoms with Crippen molar-refractivity contribution in [2.24, 2.45) is 0 Å². The quantitative estimate of drug-likeness (QED) is 0.293. The van der Waals surface area contributed by atoms with Crippen LogP contribution in [0.5, 0.6) is 0 Å². The van der Waals surface area contributed by atoms with E-state index >= 15 is 0 Å². The molecule has 0 aromatic rings. The zero-order valence-corrected chi connectivity index (χ0v) is 23.3. The fraction of sp³-hybridized carbons (Fsp3) is 0. The Bertz CT molecular complexity index is 399. The van der Waals surface area contributed by atoms with Gasteiger partial charge in [0.25, 0.3) is 0 Å². The molecule has 0 N–H and O–H groups in total. The van der Waals surface area contributed by atoms with E-state index < -0.39 is 0 Å². The van der Waals surface area contributed by atoms with E-state index in [0.717, 1.165) is 0 Å². The number of hydrogen-bond acceptors (Lipinski definition) is 1. The molecule has 0 fully saturated rings. The molecule has 0 spiro atoms. The van der Waals surface area contributed by atoms with Gasteiger partial charge in [0.2, 0.25) is 0 Å². The van der Waals surface area contributed by atoms with E-state index in [1.807, 2.05) is 0 Å². The van der Waals surface area contributed by atoms with E-state index in [0.29, 0.717) is 83.0 Å². The summed E-state index contributed by atoms with van der Waals surface area (Å²) >= 11 is 5.90. The molecule has 0 unspecified atom stereocenters. The summed E-state index contributed by atoms with van der Waals surface area (Å²) in [5.74, 6) is 0. The standard InChI is InChI=1S/B28H28S/c1-16(2)24(17(3)4)27(22(13)14)23(15-29)28(25(18(5)6)19(7)8)26(20(9)10)21(11)12/h1-14H2. The van der Waals surface area contributed by atoms with Crippen LogP contribution in [-0.4, -0.2) is 197 Å². The first-order valence-corrected chi connectivity index (χ1v) is 13.1. The molecule has 0 atom stereocenters. The van der Waals surface area contributed by atoms with Gasteiger partial charge in [-0.2, -0.15) is 0 Å². The second kappa shape index (κ2) is 14.3. The summed E-state index contributed by atoms with van der Waals surface area (Å²) in [6.45, 7) is 0. The summed E-state index contributed by atoms with van der Waals surface area (Å²) in [6.07, 6.45) is 8.68. The molecule has 0 rings (SSSR count). The maximum absolute atomic E-state index is 5.90. The molecule has 0 saturated heterocycles. The Morgan fingerprint density at radius 3 is 0.724 bits per heavy atom. The van der Waals surface area contributed by atoms with Crippen molar-refractivity contribution < 1.29 is 0 Å². The zero-order chi connectivity index (χ0) is 23.2. The maximum atomic E-state index is 5.90. The van der Waals surface area contributed by atoms with Crippen molar-refractivity contribution in [1.29, 1.82) is 0 Å². The van der Waals surface area contributed by atoms with Crippen LogP contribution in [0.3, 0.4) is 0 Å². The van der Waals surface area contributed by atoms with Crippen molar-refractivity contribution >= 4 is 209 Å².